The second-order valence-electron chi connectivity index (χ2n) is 6.06. The van der Waals surface area contributed by atoms with Crippen LogP contribution in [-0.2, 0) is 6.61 Å². The number of hydrogen-bond acceptors (Lipinski definition) is 3. The van der Waals surface area contributed by atoms with Crippen LogP contribution in [0.5, 0.6) is 0 Å². The summed E-state index contributed by atoms with van der Waals surface area (Å²) in [6.07, 6.45) is 3.98. The molecule has 1 aromatic rings. The number of nitrogens with zero attached hydrogens (tertiary/aromatic N) is 2. The first-order valence-corrected chi connectivity index (χ1v) is 7.36. The van der Waals surface area contributed by atoms with Crippen molar-refractivity contribution in [2.45, 2.75) is 44.9 Å². The Balaban J connectivity index is 1.82. The van der Waals surface area contributed by atoms with Crippen LogP contribution in [0.25, 0.3) is 0 Å². The van der Waals surface area contributed by atoms with E-state index in [1.54, 1.807) is 0 Å². The number of fused-ring (bicyclic) bond motifs is 2. The van der Waals surface area contributed by atoms with Gasteiger partial charge in [-0.1, -0.05) is 12.1 Å². The summed E-state index contributed by atoms with van der Waals surface area (Å²) in [5.41, 5.74) is 3.64. The summed E-state index contributed by atoms with van der Waals surface area (Å²) < 4.78 is 0. The van der Waals surface area contributed by atoms with Gasteiger partial charge in [-0.25, -0.2) is 0 Å². The van der Waals surface area contributed by atoms with Gasteiger partial charge in [0.1, 0.15) is 0 Å². The van der Waals surface area contributed by atoms with E-state index in [2.05, 4.69) is 42.0 Å². The number of aliphatic hydroxyl groups excluding tert-OH is 1. The minimum atomic E-state index is 0.133. The van der Waals surface area contributed by atoms with Gasteiger partial charge in [-0.05, 0) is 50.4 Å². The van der Waals surface area contributed by atoms with Crippen molar-refractivity contribution in [2.24, 2.45) is 0 Å². The second kappa shape index (κ2) is 5.14. The van der Waals surface area contributed by atoms with E-state index in [9.17, 15) is 5.11 Å². The molecule has 1 N–H and O–H groups in total. The molecule has 0 saturated carbocycles. The van der Waals surface area contributed by atoms with Gasteiger partial charge in [0, 0.05) is 30.9 Å². The molecule has 0 radical (unpaired) electrons. The van der Waals surface area contributed by atoms with Crippen molar-refractivity contribution in [3.05, 3.63) is 29.3 Å². The van der Waals surface area contributed by atoms with E-state index >= 15 is 0 Å². The molecule has 3 heteroatoms. The summed E-state index contributed by atoms with van der Waals surface area (Å²) in [7, 11) is 2.29. The molecule has 2 unspecified atom stereocenters. The van der Waals surface area contributed by atoms with Crippen LogP contribution in [0.1, 0.15) is 30.4 Å². The van der Waals surface area contributed by atoms with Gasteiger partial charge in [-0.3, -0.25) is 4.90 Å². The molecule has 0 aromatic heterocycles. The second-order valence-corrected chi connectivity index (χ2v) is 6.06. The highest BCUT2D eigenvalue weighted by Gasteiger charge is 2.34. The quantitative estimate of drug-likeness (QED) is 0.883. The maximum atomic E-state index is 9.21. The van der Waals surface area contributed by atoms with Crippen LogP contribution in [0.3, 0.4) is 0 Å². The molecule has 3 nitrogen and oxygen atoms in total. The van der Waals surface area contributed by atoms with Gasteiger partial charge >= 0.3 is 0 Å². The first-order chi connectivity index (χ1) is 9.19. The standard InChI is InChI=1S/C16H24N2O/c1-12-9-13(11-19)3-6-16(12)18-8-7-14-4-5-15(10-18)17(14)2/h3,6,9,14-15,19H,4-5,7-8,10-11H2,1-2H3. The van der Waals surface area contributed by atoms with Crippen LogP contribution < -0.4 is 4.90 Å². The van der Waals surface area contributed by atoms with Gasteiger partial charge in [-0.15, -0.1) is 0 Å². The van der Waals surface area contributed by atoms with Crippen LogP contribution >= 0.6 is 0 Å². The van der Waals surface area contributed by atoms with Crippen molar-refractivity contribution in [1.29, 1.82) is 0 Å². The molecule has 104 valence electrons. The number of rotatable bonds is 2. The fourth-order valence-electron chi connectivity index (χ4n) is 3.70. The summed E-state index contributed by atoms with van der Waals surface area (Å²) in [5, 5.41) is 9.21. The Labute approximate surface area is 115 Å². The first kappa shape index (κ1) is 12.9. The molecule has 2 heterocycles. The van der Waals surface area contributed by atoms with Crippen molar-refractivity contribution in [3.8, 4) is 0 Å². The van der Waals surface area contributed by atoms with E-state index in [-0.39, 0.29) is 6.61 Å². The van der Waals surface area contributed by atoms with E-state index < -0.39 is 0 Å². The lowest BCUT2D eigenvalue weighted by Gasteiger charge is -2.29. The Kier molecular flexibility index (Phi) is 3.50. The van der Waals surface area contributed by atoms with E-state index in [0.29, 0.717) is 6.04 Å². The zero-order valence-corrected chi connectivity index (χ0v) is 12.0. The monoisotopic (exact) mass is 260 g/mol. The molecule has 1 aromatic carbocycles. The molecule has 19 heavy (non-hydrogen) atoms. The number of benzene rings is 1. The maximum Gasteiger partial charge on any atom is 0.0681 e. The van der Waals surface area contributed by atoms with E-state index in [1.165, 1.54) is 30.5 Å². The largest absolute Gasteiger partial charge is 0.392 e. The maximum absolute atomic E-state index is 9.21. The summed E-state index contributed by atoms with van der Waals surface area (Å²) in [6, 6.07) is 7.84. The average Bonchev–Trinajstić information content (AvgIpc) is 2.64. The smallest absolute Gasteiger partial charge is 0.0681 e. The van der Waals surface area contributed by atoms with Gasteiger partial charge in [0.25, 0.3) is 0 Å². The number of aliphatic hydroxyl groups is 1. The highest BCUT2D eigenvalue weighted by Crippen LogP contribution is 2.32. The van der Waals surface area contributed by atoms with Crippen LogP contribution in [0.4, 0.5) is 5.69 Å². The molecule has 2 saturated heterocycles. The lowest BCUT2D eigenvalue weighted by Crippen LogP contribution is -2.36. The molecule has 2 atom stereocenters. The Morgan fingerprint density at radius 3 is 2.74 bits per heavy atom. The summed E-state index contributed by atoms with van der Waals surface area (Å²) in [4.78, 5) is 5.12. The zero-order valence-electron chi connectivity index (χ0n) is 12.0. The third-order valence-corrected chi connectivity index (χ3v) is 4.93. The minimum Gasteiger partial charge on any atom is -0.392 e. The fraction of sp³-hybridized carbons (Fsp3) is 0.625. The Hall–Kier alpha value is -1.06. The minimum absolute atomic E-state index is 0.133. The van der Waals surface area contributed by atoms with Gasteiger partial charge in [0.2, 0.25) is 0 Å². The highest BCUT2D eigenvalue weighted by molar-refractivity contribution is 5.54. The fourth-order valence-corrected chi connectivity index (χ4v) is 3.70. The zero-order chi connectivity index (χ0) is 13.4. The Morgan fingerprint density at radius 2 is 2.00 bits per heavy atom. The molecule has 2 fully saturated rings. The summed E-state index contributed by atoms with van der Waals surface area (Å²) in [6.45, 7) is 4.59. The molecule has 0 amide bonds. The van der Waals surface area contributed by atoms with Crippen molar-refractivity contribution >= 4 is 5.69 Å². The van der Waals surface area contributed by atoms with E-state index in [1.807, 2.05) is 0 Å². The van der Waals surface area contributed by atoms with E-state index in [0.717, 1.165) is 24.7 Å². The Morgan fingerprint density at radius 1 is 1.21 bits per heavy atom. The first-order valence-electron chi connectivity index (χ1n) is 7.36. The number of aryl methyl sites for hydroxylation is 1. The predicted octanol–water partition coefficient (Wildman–Crippen LogP) is 2.16. The van der Waals surface area contributed by atoms with Crippen molar-refractivity contribution in [3.63, 3.8) is 0 Å². The molecule has 2 aliphatic rings. The SMILES string of the molecule is Cc1cc(CO)ccc1N1CCC2CCC(C1)N2C. The van der Waals surface area contributed by atoms with Gasteiger partial charge in [-0.2, -0.15) is 0 Å². The third-order valence-electron chi connectivity index (χ3n) is 4.93. The molecule has 3 rings (SSSR count). The van der Waals surface area contributed by atoms with Crippen LogP contribution in [0.2, 0.25) is 0 Å². The van der Waals surface area contributed by atoms with Crippen molar-refractivity contribution in [1.82, 2.24) is 4.90 Å². The van der Waals surface area contributed by atoms with E-state index in [4.69, 9.17) is 0 Å². The lowest BCUT2D eigenvalue weighted by molar-refractivity contribution is 0.254. The molecular weight excluding hydrogens is 236 g/mol. The topological polar surface area (TPSA) is 26.7 Å². The van der Waals surface area contributed by atoms with Gasteiger partial charge in [0.15, 0.2) is 0 Å². The molecule has 2 aliphatic heterocycles. The Bertz CT molecular complexity index is 460. The molecule has 0 spiro atoms. The number of hydrogen-bond donors (Lipinski definition) is 1. The van der Waals surface area contributed by atoms with Crippen LogP contribution in [-0.4, -0.2) is 42.2 Å². The normalized spacial score (nSPS) is 27.6. The van der Waals surface area contributed by atoms with Gasteiger partial charge < -0.3 is 10.0 Å². The predicted molar refractivity (Wildman–Crippen MR) is 78.5 cm³/mol. The number of anilines is 1. The van der Waals surface area contributed by atoms with Crippen LogP contribution in [0.15, 0.2) is 18.2 Å². The number of likely N-dealkylation sites (N-methyl/N-ethyl adjacent to an activating group) is 1. The average molecular weight is 260 g/mol. The van der Waals surface area contributed by atoms with Crippen LogP contribution in [0, 0.1) is 6.92 Å². The van der Waals surface area contributed by atoms with Gasteiger partial charge in [0.05, 0.1) is 6.61 Å². The third kappa shape index (κ3) is 2.37. The molecule has 0 aliphatic carbocycles. The van der Waals surface area contributed by atoms with Crippen molar-refractivity contribution in [2.75, 3.05) is 25.0 Å². The summed E-state index contributed by atoms with van der Waals surface area (Å²) >= 11 is 0. The van der Waals surface area contributed by atoms with Crippen molar-refractivity contribution < 1.29 is 5.11 Å². The molecular formula is C16H24N2O. The highest BCUT2D eigenvalue weighted by atomic mass is 16.3. The lowest BCUT2D eigenvalue weighted by atomic mass is 10.1. The molecule has 2 bridgehead atoms. The summed E-state index contributed by atoms with van der Waals surface area (Å²) in [5.74, 6) is 0.